The minimum Gasteiger partial charge on any atom is -0.306 e. The zero-order valence-electron chi connectivity index (χ0n) is 14.7. The molecule has 2 aromatic heterocycles. The highest BCUT2D eigenvalue weighted by Gasteiger charge is 2.15. The average molecular weight is 413 g/mol. The van der Waals surface area contributed by atoms with Crippen molar-refractivity contribution >= 4 is 34.7 Å². The minimum absolute atomic E-state index is 0.228. The molecule has 0 aliphatic heterocycles. The van der Waals surface area contributed by atoms with Crippen molar-refractivity contribution in [1.82, 2.24) is 14.8 Å². The summed E-state index contributed by atoms with van der Waals surface area (Å²) in [5.74, 6) is -0.427. The number of aromatic nitrogens is 3. The summed E-state index contributed by atoms with van der Waals surface area (Å²) in [6.07, 6.45) is 0. The number of nitrogens with one attached hydrogen (secondary N) is 1. The fourth-order valence-electron chi connectivity index (χ4n) is 2.67. The second kappa shape index (κ2) is 7.53. The highest BCUT2D eigenvalue weighted by Crippen LogP contribution is 2.27. The summed E-state index contributed by atoms with van der Waals surface area (Å²) >= 11 is 7.34. The zero-order valence-corrected chi connectivity index (χ0v) is 16.3. The lowest BCUT2D eigenvalue weighted by Gasteiger charge is -2.06. The number of carbonyl (C=O) groups excluding carboxylic acids is 1. The van der Waals surface area contributed by atoms with Gasteiger partial charge in [-0.25, -0.2) is 9.37 Å². The summed E-state index contributed by atoms with van der Waals surface area (Å²) in [7, 11) is 0. The molecule has 1 amide bonds. The molecule has 2 aromatic carbocycles. The summed E-state index contributed by atoms with van der Waals surface area (Å²) in [6.45, 7) is 1.82. The Morgan fingerprint density at radius 2 is 1.96 bits per heavy atom. The summed E-state index contributed by atoms with van der Waals surface area (Å²) < 4.78 is 15.0. The fourth-order valence-corrected chi connectivity index (χ4v) is 3.59. The van der Waals surface area contributed by atoms with E-state index in [1.165, 1.54) is 29.5 Å². The van der Waals surface area contributed by atoms with E-state index in [1.807, 2.05) is 24.4 Å². The number of hydrogen-bond acceptors (Lipinski definition) is 4. The lowest BCUT2D eigenvalue weighted by atomic mass is 10.2. The van der Waals surface area contributed by atoms with Crippen LogP contribution < -0.4 is 5.32 Å². The van der Waals surface area contributed by atoms with Gasteiger partial charge in [0.25, 0.3) is 5.91 Å². The first-order valence-electron chi connectivity index (χ1n) is 8.35. The van der Waals surface area contributed by atoms with Crippen LogP contribution in [-0.2, 0) is 0 Å². The normalized spacial score (nSPS) is 10.8. The standard InChI is InChI=1S/C20H14ClFN4OS/c1-12-9-18(24-19(27)14-3-2-4-16(22)10-14)26(25-12)20-23-17(11-28-20)13-5-7-15(21)8-6-13/h2-11H,1H3,(H,24,27). The van der Waals surface area contributed by atoms with Crippen molar-refractivity contribution in [2.45, 2.75) is 6.92 Å². The maximum Gasteiger partial charge on any atom is 0.256 e. The Morgan fingerprint density at radius 3 is 2.71 bits per heavy atom. The van der Waals surface area contributed by atoms with Gasteiger partial charge in [0.2, 0.25) is 5.13 Å². The molecule has 28 heavy (non-hydrogen) atoms. The Kier molecular flexibility index (Phi) is 4.93. The lowest BCUT2D eigenvalue weighted by Crippen LogP contribution is -2.15. The van der Waals surface area contributed by atoms with E-state index in [0.717, 1.165) is 17.0 Å². The topological polar surface area (TPSA) is 59.8 Å². The van der Waals surface area contributed by atoms with Crippen LogP contribution in [0.1, 0.15) is 16.1 Å². The van der Waals surface area contributed by atoms with Gasteiger partial charge in [-0.2, -0.15) is 9.78 Å². The molecule has 0 radical (unpaired) electrons. The highest BCUT2D eigenvalue weighted by molar-refractivity contribution is 7.12. The Hall–Kier alpha value is -3.03. The number of rotatable bonds is 4. The molecule has 0 bridgehead atoms. The van der Waals surface area contributed by atoms with Crippen LogP contribution in [0.25, 0.3) is 16.4 Å². The number of carbonyl (C=O) groups is 1. The van der Waals surface area contributed by atoms with Crippen molar-refractivity contribution in [3.05, 3.63) is 82.1 Å². The molecule has 5 nitrogen and oxygen atoms in total. The maximum atomic E-state index is 13.4. The van der Waals surface area contributed by atoms with Gasteiger partial charge in [0.15, 0.2) is 0 Å². The Labute approximate surface area is 169 Å². The van der Waals surface area contributed by atoms with E-state index in [9.17, 15) is 9.18 Å². The van der Waals surface area contributed by atoms with E-state index in [-0.39, 0.29) is 5.56 Å². The van der Waals surface area contributed by atoms with Crippen LogP contribution in [0.2, 0.25) is 5.02 Å². The van der Waals surface area contributed by atoms with E-state index in [2.05, 4.69) is 15.4 Å². The van der Waals surface area contributed by atoms with E-state index in [4.69, 9.17) is 11.6 Å². The summed E-state index contributed by atoms with van der Waals surface area (Å²) in [4.78, 5) is 17.1. The second-order valence-electron chi connectivity index (χ2n) is 6.07. The number of thiazole rings is 1. The SMILES string of the molecule is Cc1cc(NC(=O)c2cccc(F)c2)n(-c2nc(-c3ccc(Cl)cc3)cs2)n1. The second-order valence-corrected chi connectivity index (χ2v) is 7.34. The molecule has 140 valence electrons. The van der Waals surface area contributed by atoms with Gasteiger partial charge in [-0.15, -0.1) is 11.3 Å². The zero-order chi connectivity index (χ0) is 19.7. The average Bonchev–Trinajstić information content (AvgIpc) is 3.29. The molecule has 4 aromatic rings. The lowest BCUT2D eigenvalue weighted by molar-refractivity contribution is 0.102. The molecule has 1 N–H and O–H groups in total. The number of hydrogen-bond donors (Lipinski definition) is 1. The fraction of sp³-hybridized carbons (Fsp3) is 0.0500. The quantitative estimate of drug-likeness (QED) is 0.491. The van der Waals surface area contributed by atoms with E-state index < -0.39 is 11.7 Å². The summed E-state index contributed by atoms with van der Waals surface area (Å²) in [5, 5.41) is 10.4. The van der Waals surface area contributed by atoms with Crippen LogP contribution in [0, 0.1) is 12.7 Å². The Morgan fingerprint density at radius 1 is 1.18 bits per heavy atom. The van der Waals surface area contributed by atoms with E-state index in [1.54, 1.807) is 28.9 Å². The molecule has 0 unspecified atom stereocenters. The first kappa shape index (κ1) is 18.3. The van der Waals surface area contributed by atoms with Crippen molar-refractivity contribution in [3.63, 3.8) is 0 Å². The molecule has 0 fully saturated rings. The van der Waals surface area contributed by atoms with E-state index >= 15 is 0 Å². The molecule has 0 spiro atoms. The van der Waals surface area contributed by atoms with Crippen LogP contribution >= 0.6 is 22.9 Å². The highest BCUT2D eigenvalue weighted by atomic mass is 35.5. The van der Waals surface area contributed by atoms with Crippen molar-refractivity contribution in [1.29, 1.82) is 0 Å². The Balaban J connectivity index is 1.63. The predicted molar refractivity (Wildman–Crippen MR) is 109 cm³/mol. The number of aryl methyl sites for hydroxylation is 1. The molecular weight excluding hydrogens is 399 g/mol. The number of nitrogens with zero attached hydrogens (tertiary/aromatic N) is 3. The summed E-state index contributed by atoms with van der Waals surface area (Å²) in [6, 6.07) is 14.6. The molecule has 0 aliphatic rings. The van der Waals surface area contributed by atoms with Crippen LogP contribution in [0.3, 0.4) is 0 Å². The molecule has 0 saturated carbocycles. The van der Waals surface area contributed by atoms with Crippen LogP contribution in [0.5, 0.6) is 0 Å². The summed E-state index contributed by atoms with van der Waals surface area (Å²) in [5.41, 5.74) is 2.66. The van der Waals surface area contributed by atoms with Gasteiger partial charge in [-0.3, -0.25) is 4.79 Å². The number of amides is 1. The van der Waals surface area contributed by atoms with Gasteiger partial charge >= 0.3 is 0 Å². The van der Waals surface area contributed by atoms with Gasteiger partial charge in [-0.05, 0) is 37.3 Å². The largest absolute Gasteiger partial charge is 0.306 e. The number of benzene rings is 2. The molecule has 8 heteroatoms. The van der Waals surface area contributed by atoms with E-state index in [0.29, 0.717) is 16.0 Å². The minimum atomic E-state index is -0.468. The first-order chi connectivity index (χ1) is 13.5. The molecular formula is C20H14ClFN4OS. The van der Waals surface area contributed by atoms with Gasteiger partial charge < -0.3 is 5.32 Å². The van der Waals surface area contributed by atoms with Gasteiger partial charge in [0.1, 0.15) is 11.6 Å². The molecule has 2 heterocycles. The van der Waals surface area contributed by atoms with Crippen molar-refractivity contribution in [2.24, 2.45) is 0 Å². The van der Waals surface area contributed by atoms with Crippen molar-refractivity contribution in [3.8, 4) is 16.4 Å². The van der Waals surface area contributed by atoms with Crippen LogP contribution in [0.15, 0.2) is 60.0 Å². The monoisotopic (exact) mass is 412 g/mol. The van der Waals surface area contributed by atoms with Crippen molar-refractivity contribution in [2.75, 3.05) is 5.32 Å². The van der Waals surface area contributed by atoms with Crippen LogP contribution in [0.4, 0.5) is 10.2 Å². The third kappa shape index (κ3) is 3.81. The third-order valence-corrected chi connectivity index (χ3v) is 5.04. The smallest absolute Gasteiger partial charge is 0.256 e. The molecule has 4 rings (SSSR count). The predicted octanol–water partition coefficient (Wildman–Crippen LogP) is 5.35. The number of halogens is 2. The third-order valence-electron chi connectivity index (χ3n) is 3.97. The first-order valence-corrected chi connectivity index (χ1v) is 9.61. The maximum absolute atomic E-state index is 13.4. The molecule has 0 aliphatic carbocycles. The van der Waals surface area contributed by atoms with Crippen molar-refractivity contribution < 1.29 is 9.18 Å². The van der Waals surface area contributed by atoms with Gasteiger partial charge in [0.05, 0.1) is 11.4 Å². The molecule has 0 saturated heterocycles. The van der Waals surface area contributed by atoms with Gasteiger partial charge in [0, 0.05) is 27.6 Å². The van der Waals surface area contributed by atoms with Gasteiger partial charge in [-0.1, -0.05) is 29.8 Å². The Bertz CT molecular complexity index is 1150. The van der Waals surface area contributed by atoms with Crippen LogP contribution in [-0.4, -0.2) is 20.7 Å². The number of anilines is 1. The molecule has 0 atom stereocenters.